The predicted molar refractivity (Wildman–Crippen MR) is 116 cm³/mol. The minimum atomic E-state index is -4.84. The SMILES string of the molecule is O=S(=O)(O)c1ccc(-c2cc(-c3cccnc3)nc(-c3cccnc3)c2)c(S(=O)(=O)O)c1. The molecule has 0 aliphatic carbocycles. The summed E-state index contributed by atoms with van der Waals surface area (Å²) in [6.07, 6.45) is 6.37. The molecule has 0 unspecified atom stereocenters. The molecule has 0 spiro atoms. The molecule has 3 aromatic heterocycles. The monoisotopic (exact) mass is 469 g/mol. The second-order valence-corrected chi connectivity index (χ2v) is 9.53. The first kappa shape index (κ1) is 21.7. The first-order valence-corrected chi connectivity index (χ1v) is 11.9. The number of rotatable bonds is 5. The van der Waals surface area contributed by atoms with E-state index < -0.39 is 30.0 Å². The van der Waals surface area contributed by atoms with Gasteiger partial charge >= 0.3 is 0 Å². The lowest BCUT2D eigenvalue weighted by Gasteiger charge is -2.13. The van der Waals surface area contributed by atoms with Crippen molar-refractivity contribution in [3.63, 3.8) is 0 Å². The standard InChI is InChI=1S/C21H15N3O6S2/c25-31(26,27)17-5-6-18(21(11-17)32(28,29)30)16-9-19(14-3-1-7-22-12-14)24-20(10-16)15-4-2-8-23-13-15/h1-13H,(H,25,26,27)(H,28,29,30). The van der Waals surface area contributed by atoms with E-state index >= 15 is 0 Å². The molecule has 0 bridgehead atoms. The lowest BCUT2D eigenvalue weighted by Crippen LogP contribution is -2.05. The highest BCUT2D eigenvalue weighted by Gasteiger charge is 2.22. The van der Waals surface area contributed by atoms with Crippen molar-refractivity contribution in [2.45, 2.75) is 9.79 Å². The molecule has 4 rings (SSSR count). The third-order valence-corrected chi connectivity index (χ3v) is 6.32. The van der Waals surface area contributed by atoms with Crippen LogP contribution >= 0.6 is 0 Å². The van der Waals surface area contributed by atoms with Gasteiger partial charge in [0.15, 0.2) is 0 Å². The van der Waals surface area contributed by atoms with Gasteiger partial charge in [0.25, 0.3) is 20.2 Å². The van der Waals surface area contributed by atoms with Crippen molar-refractivity contribution in [1.29, 1.82) is 0 Å². The van der Waals surface area contributed by atoms with Crippen LogP contribution in [0.15, 0.2) is 89.2 Å². The molecular weight excluding hydrogens is 454 g/mol. The topological polar surface area (TPSA) is 147 Å². The maximum Gasteiger partial charge on any atom is 0.295 e. The highest BCUT2D eigenvalue weighted by Crippen LogP contribution is 2.34. The van der Waals surface area contributed by atoms with Crippen LogP contribution in [0.25, 0.3) is 33.6 Å². The zero-order valence-corrected chi connectivity index (χ0v) is 17.8. The summed E-state index contributed by atoms with van der Waals surface area (Å²) in [5, 5.41) is 0. The van der Waals surface area contributed by atoms with E-state index in [1.54, 1.807) is 61.2 Å². The molecule has 0 aliphatic rings. The quantitative estimate of drug-likeness (QED) is 0.420. The van der Waals surface area contributed by atoms with Gasteiger partial charge in [-0.25, -0.2) is 4.98 Å². The zero-order valence-electron chi connectivity index (χ0n) is 16.2. The Morgan fingerprint density at radius 1 is 0.656 bits per heavy atom. The van der Waals surface area contributed by atoms with E-state index in [1.807, 2.05) is 0 Å². The molecule has 32 heavy (non-hydrogen) atoms. The van der Waals surface area contributed by atoms with Gasteiger partial charge in [-0.15, -0.1) is 0 Å². The van der Waals surface area contributed by atoms with Crippen molar-refractivity contribution < 1.29 is 25.9 Å². The van der Waals surface area contributed by atoms with Crippen LogP contribution in [-0.4, -0.2) is 40.9 Å². The van der Waals surface area contributed by atoms with E-state index in [0.29, 0.717) is 34.1 Å². The van der Waals surface area contributed by atoms with Gasteiger partial charge in [-0.2, -0.15) is 16.8 Å². The van der Waals surface area contributed by atoms with Crippen LogP contribution in [0.5, 0.6) is 0 Å². The Balaban J connectivity index is 2.02. The van der Waals surface area contributed by atoms with Crippen LogP contribution in [0.1, 0.15) is 0 Å². The van der Waals surface area contributed by atoms with Gasteiger partial charge in [-0.1, -0.05) is 6.07 Å². The summed E-state index contributed by atoms with van der Waals surface area (Å²) in [7, 11) is -9.53. The summed E-state index contributed by atoms with van der Waals surface area (Å²) in [6.45, 7) is 0. The van der Waals surface area contributed by atoms with Crippen molar-refractivity contribution in [2.24, 2.45) is 0 Å². The summed E-state index contributed by atoms with van der Waals surface area (Å²) in [6, 6.07) is 13.1. The van der Waals surface area contributed by atoms with Crippen molar-refractivity contribution in [2.75, 3.05) is 0 Å². The summed E-state index contributed by atoms with van der Waals surface area (Å²) in [5.74, 6) is 0. The Morgan fingerprint density at radius 2 is 1.22 bits per heavy atom. The lowest BCUT2D eigenvalue weighted by atomic mass is 10.0. The average Bonchev–Trinajstić information content (AvgIpc) is 2.78. The maximum atomic E-state index is 12.1. The fourth-order valence-electron chi connectivity index (χ4n) is 3.13. The number of aromatic nitrogens is 3. The fraction of sp³-hybridized carbons (Fsp3) is 0. The first-order chi connectivity index (χ1) is 15.1. The molecule has 3 heterocycles. The van der Waals surface area contributed by atoms with E-state index in [2.05, 4.69) is 15.0 Å². The van der Waals surface area contributed by atoms with Crippen LogP contribution in [0, 0.1) is 0 Å². The van der Waals surface area contributed by atoms with Gasteiger partial charge in [-0.3, -0.25) is 19.1 Å². The van der Waals surface area contributed by atoms with Crippen LogP contribution in [-0.2, 0) is 20.2 Å². The van der Waals surface area contributed by atoms with E-state index in [1.165, 1.54) is 6.07 Å². The molecule has 1 aromatic carbocycles. The average molecular weight is 470 g/mol. The first-order valence-electron chi connectivity index (χ1n) is 9.05. The molecule has 0 amide bonds. The molecule has 0 radical (unpaired) electrons. The smallest absolute Gasteiger partial charge is 0.282 e. The fourth-order valence-corrected chi connectivity index (χ4v) is 4.45. The van der Waals surface area contributed by atoms with E-state index in [9.17, 15) is 25.9 Å². The van der Waals surface area contributed by atoms with Crippen LogP contribution < -0.4 is 0 Å². The molecule has 2 N–H and O–H groups in total. The predicted octanol–water partition coefficient (Wildman–Crippen LogP) is 3.37. The molecule has 4 aromatic rings. The molecule has 9 nitrogen and oxygen atoms in total. The molecule has 162 valence electrons. The number of hydrogen-bond acceptors (Lipinski definition) is 7. The largest absolute Gasteiger partial charge is 0.295 e. The lowest BCUT2D eigenvalue weighted by molar-refractivity contribution is 0.481. The molecule has 0 saturated carbocycles. The Kier molecular flexibility index (Phi) is 5.57. The molecule has 0 fully saturated rings. The van der Waals surface area contributed by atoms with Crippen molar-refractivity contribution in [3.05, 3.63) is 79.4 Å². The van der Waals surface area contributed by atoms with Gasteiger partial charge in [-0.05, 0) is 54.1 Å². The molecular formula is C21H15N3O6S2. The minimum absolute atomic E-state index is 0.0255. The van der Waals surface area contributed by atoms with Gasteiger partial charge in [0.1, 0.15) is 4.90 Å². The summed E-state index contributed by atoms with van der Waals surface area (Å²) in [5.41, 5.74) is 2.61. The van der Waals surface area contributed by atoms with E-state index in [4.69, 9.17) is 0 Å². The van der Waals surface area contributed by atoms with Crippen molar-refractivity contribution in [3.8, 4) is 33.6 Å². The summed E-state index contributed by atoms with van der Waals surface area (Å²) < 4.78 is 66.2. The van der Waals surface area contributed by atoms with Crippen molar-refractivity contribution in [1.82, 2.24) is 15.0 Å². The summed E-state index contributed by atoms with van der Waals surface area (Å²) in [4.78, 5) is 11.4. The Morgan fingerprint density at radius 3 is 1.66 bits per heavy atom. The highest BCUT2D eigenvalue weighted by molar-refractivity contribution is 7.86. The molecule has 0 atom stereocenters. The minimum Gasteiger partial charge on any atom is -0.282 e. The third-order valence-electron chi connectivity index (χ3n) is 4.58. The second-order valence-electron chi connectivity index (χ2n) is 6.72. The number of hydrogen-bond donors (Lipinski definition) is 2. The number of benzene rings is 1. The van der Waals surface area contributed by atoms with Crippen LogP contribution in [0.3, 0.4) is 0 Å². The number of nitrogens with zero attached hydrogens (tertiary/aromatic N) is 3. The summed E-state index contributed by atoms with van der Waals surface area (Å²) >= 11 is 0. The van der Waals surface area contributed by atoms with Crippen molar-refractivity contribution >= 4 is 20.2 Å². The van der Waals surface area contributed by atoms with Gasteiger partial charge in [0, 0.05) is 41.5 Å². The van der Waals surface area contributed by atoms with E-state index in [0.717, 1.165) is 6.07 Å². The molecule has 11 heteroatoms. The molecule has 0 saturated heterocycles. The molecule has 0 aliphatic heterocycles. The Hall–Kier alpha value is -3.51. The normalized spacial score (nSPS) is 11.9. The Labute approximate surface area is 184 Å². The third kappa shape index (κ3) is 4.55. The number of pyridine rings is 3. The Bertz CT molecular complexity index is 1450. The van der Waals surface area contributed by atoms with Crippen LogP contribution in [0.2, 0.25) is 0 Å². The zero-order chi connectivity index (χ0) is 22.9. The van der Waals surface area contributed by atoms with Gasteiger partial charge < -0.3 is 0 Å². The maximum absolute atomic E-state index is 12.1. The van der Waals surface area contributed by atoms with Gasteiger partial charge in [0.05, 0.1) is 16.3 Å². The van der Waals surface area contributed by atoms with E-state index in [-0.39, 0.29) is 5.56 Å². The second kappa shape index (κ2) is 8.20. The highest BCUT2D eigenvalue weighted by atomic mass is 32.2. The van der Waals surface area contributed by atoms with Crippen LogP contribution in [0.4, 0.5) is 0 Å². The van der Waals surface area contributed by atoms with Gasteiger partial charge in [0.2, 0.25) is 0 Å².